The maximum Gasteiger partial charge on any atom is 0.320 e. The number of nitrogens with zero attached hydrogens (tertiary/aromatic N) is 2. The number of carboxylic acid groups (broad SMARTS) is 1. The summed E-state index contributed by atoms with van der Waals surface area (Å²) in [4.78, 5) is 22.8. The lowest BCUT2D eigenvalue weighted by molar-refractivity contribution is -0.140. The third kappa shape index (κ3) is 2.70. The molecule has 0 radical (unpaired) electrons. The number of carbonyl (C=O) groups is 2. The molecule has 0 aliphatic carbocycles. The summed E-state index contributed by atoms with van der Waals surface area (Å²) in [7, 11) is 0. The number of aromatic amines is 1. The Morgan fingerprint density at radius 2 is 2.40 bits per heavy atom. The van der Waals surface area contributed by atoms with E-state index in [0.29, 0.717) is 5.82 Å². The van der Waals surface area contributed by atoms with Gasteiger partial charge in [-0.25, -0.2) is 4.79 Å². The molecule has 1 heterocycles. The van der Waals surface area contributed by atoms with Gasteiger partial charge in [-0.05, 0) is 0 Å². The van der Waals surface area contributed by atoms with Crippen LogP contribution in [0, 0.1) is 5.92 Å². The summed E-state index contributed by atoms with van der Waals surface area (Å²) < 4.78 is 0. The number of carboxylic acids is 1. The first-order chi connectivity index (χ1) is 7.02. The molecule has 1 aromatic heterocycles. The zero-order chi connectivity index (χ0) is 11.4. The van der Waals surface area contributed by atoms with Crippen LogP contribution in [0.5, 0.6) is 0 Å². The highest BCUT2D eigenvalue weighted by molar-refractivity contribution is 5.90. The van der Waals surface area contributed by atoms with Gasteiger partial charge >= 0.3 is 12.0 Å². The van der Waals surface area contributed by atoms with E-state index in [1.807, 2.05) is 0 Å². The van der Waals surface area contributed by atoms with Crippen LogP contribution in [-0.4, -0.2) is 33.8 Å². The molecule has 1 rings (SSSR count). The molecule has 0 aliphatic rings. The van der Waals surface area contributed by atoms with E-state index in [0.717, 1.165) is 4.90 Å². The van der Waals surface area contributed by atoms with Crippen LogP contribution in [0.15, 0.2) is 12.3 Å². The fourth-order valence-electron chi connectivity index (χ4n) is 1.06. The van der Waals surface area contributed by atoms with Gasteiger partial charge in [-0.15, -0.1) is 0 Å². The SMILES string of the molecule is CC(CN(C(N)=O)c1ccn[nH]1)C(=O)O. The Hall–Kier alpha value is -2.05. The van der Waals surface area contributed by atoms with Gasteiger partial charge in [0.05, 0.1) is 12.1 Å². The molecule has 0 aliphatic heterocycles. The fourth-order valence-corrected chi connectivity index (χ4v) is 1.06. The standard InChI is InChI=1S/C8H12N4O3/c1-5(7(13)14)4-12(8(9)15)6-2-3-10-11-6/h2-3,5H,4H2,1H3,(H2,9,15)(H,10,11)(H,13,14). The topological polar surface area (TPSA) is 112 Å². The number of urea groups is 1. The predicted molar refractivity (Wildman–Crippen MR) is 52.3 cm³/mol. The number of nitrogens with two attached hydrogens (primary N) is 1. The summed E-state index contributed by atoms with van der Waals surface area (Å²) in [6, 6.07) is 0.826. The summed E-state index contributed by atoms with van der Waals surface area (Å²) in [6.07, 6.45) is 1.46. The number of hydrogen-bond donors (Lipinski definition) is 3. The van der Waals surface area contributed by atoms with Crippen molar-refractivity contribution in [3.8, 4) is 0 Å². The fraction of sp³-hybridized carbons (Fsp3) is 0.375. The van der Waals surface area contributed by atoms with Crippen molar-refractivity contribution in [2.75, 3.05) is 11.4 Å². The summed E-state index contributed by atoms with van der Waals surface area (Å²) in [5.41, 5.74) is 5.12. The maximum atomic E-state index is 11.1. The van der Waals surface area contributed by atoms with Gasteiger partial charge in [0, 0.05) is 12.6 Å². The largest absolute Gasteiger partial charge is 0.481 e. The smallest absolute Gasteiger partial charge is 0.320 e. The quantitative estimate of drug-likeness (QED) is 0.652. The second kappa shape index (κ2) is 4.45. The number of amides is 2. The van der Waals surface area contributed by atoms with Gasteiger partial charge in [0.2, 0.25) is 0 Å². The Morgan fingerprint density at radius 3 is 2.80 bits per heavy atom. The first-order valence-corrected chi connectivity index (χ1v) is 4.31. The minimum atomic E-state index is -0.985. The number of primary amides is 1. The van der Waals surface area contributed by atoms with E-state index in [9.17, 15) is 9.59 Å². The molecule has 2 amide bonds. The van der Waals surface area contributed by atoms with Crippen LogP contribution in [0.1, 0.15) is 6.92 Å². The normalized spacial score (nSPS) is 12.1. The molecule has 0 aromatic carbocycles. The minimum absolute atomic E-state index is 0.00681. The van der Waals surface area contributed by atoms with Crippen molar-refractivity contribution in [2.24, 2.45) is 11.7 Å². The monoisotopic (exact) mass is 212 g/mol. The van der Waals surface area contributed by atoms with Crippen molar-refractivity contribution in [1.29, 1.82) is 0 Å². The average molecular weight is 212 g/mol. The van der Waals surface area contributed by atoms with Crippen molar-refractivity contribution in [2.45, 2.75) is 6.92 Å². The first kappa shape index (κ1) is 11.0. The van der Waals surface area contributed by atoms with Crippen molar-refractivity contribution < 1.29 is 14.7 Å². The number of hydrogen-bond acceptors (Lipinski definition) is 3. The molecule has 4 N–H and O–H groups in total. The van der Waals surface area contributed by atoms with E-state index < -0.39 is 17.9 Å². The highest BCUT2D eigenvalue weighted by Crippen LogP contribution is 2.11. The van der Waals surface area contributed by atoms with E-state index >= 15 is 0 Å². The van der Waals surface area contributed by atoms with E-state index in [1.54, 1.807) is 6.07 Å². The predicted octanol–water partition coefficient (Wildman–Crippen LogP) is 0.0155. The average Bonchev–Trinajstić information content (AvgIpc) is 2.65. The van der Waals surface area contributed by atoms with E-state index in [1.165, 1.54) is 13.1 Å². The second-order valence-corrected chi connectivity index (χ2v) is 3.13. The molecule has 82 valence electrons. The summed E-state index contributed by atoms with van der Waals surface area (Å²) >= 11 is 0. The number of carbonyl (C=O) groups excluding carboxylic acids is 1. The van der Waals surface area contributed by atoms with Gasteiger partial charge in [-0.3, -0.25) is 14.8 Å². The van der Waals surface area contributed by atoms with Gasteiger partial charge in [0.1, 0.15) is 5.82 Å². The lowest BCUT2D eigenvalue weighted by Gasteiger charge is -2.20. The van der Waals surface area contributed by atoms with E-state index in [4.69, 9.17) is 10.8 Å². The molecule has 0 fully saturated rings. The number of H-pyrrole nitrogens is 1. The number of rotatable bonds is 4. The highest BCUT2D eigenvalue weighted by Gasteiger charge is 2.20. The summed E-state index contributed by atoms with van der Waals surface area (Å²) in [5, 5.41) is 14.9. The van der Waals surface area contributed by atoms with Crippen LogP contribution in [0.3, 0.4) is 0 Å². The Kier molecular flexibility index (Phi) is 3.27. The maximum absolute atomic E-state index is 11.1. The number of aliphatic carboxylic acids is 1. The van der Waals surface area contributed by atoms with Crippen LogP contribution in [-0.2, 0) is 4.79 Å². The molecule has 0 spiro atoms. The van der Waals surface area contributed by atoms with Crippen molar-refractivity contribution in [1.82, 2.24) is 10.2 Å². The van der Waals surface area contributed by atoms with Crippen LogP contribution < -0.4 is 10.6 Å². The number of nitrogens with one attached hydrogen (secondary N) is 1. The van der Waals surface area contributed by atoms with Crippen LogP contribution in [0.2, 0.25) is 0 Å². The first-order valence-electron chi connectivity index (χ1n) is 4.31. The molecule has 15 heavy (non-hydrogen) atoms. The molecule has 0 bridgehead atoms. The van der Waals surface area contributed by atoms with Crippen molar-refractivity contribution in [3.05, 3.63) is 12.3 Å². The third-order valence-corrected chi connectivity index (χ3v) is 1.92. The van der Waals surface area contributed by atoms with Crippen molar-refractivity contribution >= 4 is 17.8 Å². The molecular formula is C8H12N4O3. The second-order valence-electron chi connectivity index (χ2n) is 3.13. The molecule has 7 heteroatoms. The summed E-state index contributed by atoms with van der Waals surface area (Å²) in [6.45, 7) is 1.50. The number of anilines is 1. The third-order valence-electron chi connectivity index (χ3n) is 1.92. The lowest BCUT2D eigenvalue weighted by Crippen LogP contribution is -2.40. The number of aromatic nitrogens is 2. The van der Waals surface area contributed by atoms with Gasteiger partial charge in [-0.2, -0.15) is 5.10 Å². The molecule has 0 saturated carbocycles. The minimum Gasteiger partial charge on any atom is -0.481 e. The Bertz CT molecular complexity index is 349. The van der Waals surface area contributed by atoms with Gasteiger partial charge < -0.3 is 10.8 Å². The zero-order valence-corrected chi connectivity index (χ0v) is 8.17. The van der Waals surface area contributed by atoms with Crippen LogP contribution >= 0.6 is 0 Å². The molecule has 7 nitrogen and oxygen atoms in total. The van der Waals surface area contributed by atoms with Gasteiger partial charge in [0.25, 0.3) is 0 Å². The Labute approximate surface area is 85.9 Å². The van der Waals surface area contributed by atoms with Gasteiger partial charge in [0.15, 0.2) is 0 Å². The van der Waals surface area contributed by atoms with Gasteiger partial charge in [-0.1, -0.05) is 6.92 Å². The molecule has 0 saturated heterocycles. The summed E-state index contributed by atoms with van der Waals surface area (Å²) in [5.74, 6) is -1.29. The highest BCUT2D eigenvalue weighted by atomic mass is 16.4. The molecule has 1 aromatic rings. The molecule has 1 atom stereocenters. The Morgan fingerprint density at radius 1 is 1.73 bits per heavy atom. The lowest BCUT2D eigenvalue weighted by atomic mass is 10.2. The molecule has 1 unspecified atom stereocenters. The van der Waals surface area contributed by atoms with Crippen molar-refractivity contribution in [3.63, 3.8) is 0 Å². The zero-order valence-electron chi connectivity index (χ0n) is 8.17. The van der Waals surface area contributed by atoms with E-state index in [-0.39, 0.29) is 6.54 Å². The van der Waals surface area contributed by atoms with Crippen LogP contribution in [0.4, 0.5) is 10.6 Å². The Balaban J connectivity index is 2.77. The molecular weight excluding hydrogens is 200 g/mol. The van der Waals surface area contributed by atoms with E-state index in [2.05, 4.69) is 10.2 Å². The van der Waals surface area contributed by atoms with Crippen LogP contribution in [0.25, 0.3) is 0 Å².